The number of hydrogen-bond acceptors (Lipinski definition) is 4. The zero-order valence-electron chi connectivity index (χ0n) is 13.5. The van der Waals surface area contributed by atoms with Crippen molar-refractivity contribution in [1.29, 1.82) is 0 Å². The molecule has 3 aromatic rings. The number of nitrogens with zero attached hydrogens (tertiary/aromatic N) is 6. The molecule has 3 aromatic heterocycles. The van der Waals surface area contributed by atoms with E-state index in [4.69, 9.17) is 11.6 Å². The van der Waals surface area contributed by atoms with E-state index < -0.39 is 0 Å². The van der Waals surface area contributed by atoms with Gasteiger partial charge in [0.25, 0.3) is 5.91 Å². The van der Waals surface area contributed by atoms with E-state index >= 15 is 0 Å². The molecule has 24 heavy (non-hydrogen) atoms. The molecule has 3 rings (SSSR count). The molecule has 3 heterocycles. The Hall–Kier alpha value is -2.61. The van der Waals surface area contributed by atoms with Gasteiger partial charge in [-0.2, -0.15) is 15.3 Å². The Morgan fingerprint density at radius 2 is 1.88 bits per heavy atom. The molecule has 126 valence electrons. The highest BCUT2D eigenvalue weighted by Crippen LogP contribution is 2.17. The van der Waals surface area contributed by atoms with E-state index in [0.29, 0.717) is 29.5 Å². The molecule has 0 saturated heterocycles. The summed E-state index contributed by atoms with van der Waals surface area (Å²) in [5, 5.41) is 15.7. The summed E-state index contributed by atoms with van der Waals surface area (Å²) in [5.41, 5.74) is 1.99. The van der Waals surface area contributed by atoms with Crippen molar-refractivity contribution < 1.29 is 4.79 Å². The van der Waals surface area contributed by atoms with Crippen molar-refractivity contribution in [3.63, 3.8) is 0 Å². The van der Waals surface area contributed by atoms with E-state index in [1.807, 2.05) is 30.9 Å². The zero-order valence-corrected chi connectivity index (χ0v) is 14.2. The van der Waals surface area contributed by atoms with Gasteiger partial charge in [0.2, 0.25) is 0 Å². The number of aromatic nitrogens is 6. The van der Waals surface area contributed by atoms with Crippen LogP contribution in [0.3, 0.4) is 0 Å². The third-order valence-electron chi connectivity index (χ3n) is 3.56. The Morgan fingerprint density at radius 1 is 1.08 bits per heavy atom. The van der Waals surface area contributed by atoms with Crippen LogP contribution in [0.4, 0.5) is 5.69 Å². The number of carbonyl (C=O) groups is 1. The van der Waals surface area contributed by atoms with Crippen LogP contribution in [0.1, 0.15) is 29.9 Å². The summed E-state index contributed by atoms with van der Waals surface area (Å²) >= 11 is 6.04. The fraction of sp³-hybridized carbons (Fsp3) is 0.333. The van der Waals surface area contributed by atoms with E-state index in [2.05, 4.69) is 20.6 Å². The maximum Gasteiger partial charge on any atom is 0.275 e. The predicted octanol–water partition coefficient (Wildman–Crippen LogP) is 2.27. The molecule has 0 fully saturated rings. The van der Waals surface area contributed by atoms with Crippen LogP contribution in [-0.2, 0) is 19.6 Å². The second-order valence-electron chi connectivity index (χ2n) is 5.24. The van der Waals surface area contributed by atoms with Crippen molar-refractivity contribution in [2.24, 2.45) is 0 Å². The maximum absolute atomic E-state index is 12.4. The van der Waals surface area contributed by atoms with Gasteiger partial charge in [-0.3, -0.25) is 18.8 Å². The summed E-state index contributed by atoms with van der Waals surface area (Å²) < 4.78 is 5.15. The number of rotatable bonds is 6. The number of anilines is 1. The smallest absolute Gasteiger partial charge is 0.275 e. The molecule has 0 aliphatic heterocycles. The molecule has 8 nitrogen and oxygen atoms in total. The van der Waals surface area contributed by atoms with Crippen LogP contribution in [-0.4, -0.2) is 35.2 Å². The van der Waals surface area contributed by atoms with Gasteiger partial charge in [0, 0.05) is 31.0 Å². The van der Waals surface area contributed by atoms with E-state index in [9.17, 15) is 4.79 Å². The molecule has 0 aliphatic rings. The second-order valence-corrected chi connectivity index (χ2v) is 5.65. The highest BCUT2D eigenvalue weighted by Gasteiger charge is 2.17. The Kier molecular flexibility index (Phi) is 4.66. The van der Waals surface area contributed by atoms with Crippen LogP contribution in [0.2, 0.25) is 5.02 Å². The summed E-state index contributed by atoms with van der Waals surface area (Å²) in [5.74, 6) is -0.308. The van der Waals surface area contributed by atoms with Crippen molar-refractivity contribution in [3.8, 4) is 0 Å². The fourth-order valence-electron chi connectivity index (χ4n) is 2.38. The number of carbonyl (C=O) groups excluding carboxylic acids is 1. The van der Waals surface area contributed by atoms with Crippen molar-refractivity contribution in [2.75, 3.05) is 5.32 Å². The van der Waals surface area contributed by atoms with Crippen LogP contribution in [0.5, 0.6) is 0 Å². The van der Waals surface area contributed by atoms with Gasteiger partial charge in [-0.15, -0.1) is 0 Å². The van der Waals surface area contributed by atoms with Gasteiger partial charge in [-0.25, -0.2) is 0 Å². The molecular weight excluding hydrogens is 330 g/mol. The van der Waals surface area contributed by atoms with Crippen molar-refractivity contribution in [1.82, 2.24) is 29.3 Å². The summed E-state index contributed by atoms with van der Waals surface area (Å²) in [7, 11) is 0. The molecule has 0 aliphatic carbocycles. The lowest BCUT2D eigenvalue weighted by Gasteiger charge is -2.05. The minimum Gasteiger partial charge on any atom is -0.318 e. The molecule has 1 N–H and O–H groups in total. The predicted molar refractivity (Wildman–Crippen MR) is 90.1 cm³/mol. The topological polar surface area (TPSA) is 82.6 Å². The summed E-state index contributed by atoms with van der Waals surface area (Å²) in [4.78, 5) is 12.4. The first kappa shape index (κ1) is 16.3. The van der Waals surface area contributed by atoms with Crippen LogP contribution < -0.4 is 5.32 Å². The number of amides is 1. The summed E-state index contributed by atoms with van der Waals surface area (Å²) in [6.07, 6.45) is 8.61. The van der Waals surface area contributed by atoms with Gasteiger partial charge in [0.15, 0.2) is 0 Å². The first-order valence-electron chi connectivity index (χ1n) is 7.67. The maximum atomic E-state index is 12.4. The molecule has 0 spiro atoms. The summed E-state index contributed by atoms with van der Waals surface area (Å²) in [6, 6.07) is 0. The second kappa shape index (κ2) is 6.88. The number of halogens is 1. The number of aryl methyl sites for hydroxylation is 2. The fourth-order valence-corrected chi connectivity index (χ4v) is 2.61. The quantitative estimate of drug-likeness (QED) is 0.741. The molecule has 0 saturated carbocycles. The van der Waals surface area contributed by atoms with Gasteiger partial charge in [0.1, 0.15) is 5.69 Å². The molecule has 0 radical (unpaired) electrons. The third-order valence-corrected chi connectivity index (χ3v) is 3.83. The van der Waals surface area contributed by atoms with Crippen LogP contribution >= 0.6 is 11.6 Å². The standard InChI is InChI=1S/C15H18ClN7O/c1-3-21-8-11(5-17-21)9-22-10-12(6-18-22)20-15(24)14-13(16)7-19-23(14)4-2/h5-8,10H,3-4,9H2,1-2H3,(H,20,24). The molecule has 0 unspecified atom stereocenters. The van der Waals surface area contributed by atoms with Crippen molar-refractivity contribution in [3.05, 3.63) is 47.3 Å². The van der Waals surface area contributed by atoms with E-state index in [-0.39, 0.29) is 5.91 Å². The van der Waals surface area contributed by atoms with Gasteiger partial charge in [0.05, 0.1) is 35.8 Å². The number of hydrogen-bond donors (Lipinski definition) is 1. The lowest BCUT2D eigenvalue weighted by molar-refractivity contribution is 0.101. The summed E-state index contributed by atoms with van der Waals surface area (Å²) in [6.45, 7) is 5.91. The van der Waals surface area contributed by atoms with Gasteiger partial charge >= 0.3 is 0 Å². The lowest BCUT2D eigenvalue weighted by atomic mass is 10.3. The molecule has 0 atom stereocenters. The average molecular weight is 348 g/mol. The third kappa shape index (κ3) is 3.33. The average Bonchev–Trinajstić information content (AvgIpc) is 3.28. The van der Waals surface area contributed by atoms with Crippen LogP contribution in [0.25, 0.3) is 0 Å². The Morgan fingerprint density at radius 3 is 2.58 bits per heavy atom. The zero-order chi connectivity index (χ0) is 17.1. The first-order chi connectivity index (χ1) is 11.6. The monoisotopic (exact) mass is 347 g/mol. The first-order valence-corrected chi connectivity index (χ1v) is 8.05. The van der Waals surface area contributed by atoms with Crippen LogP contribution in [0, 0.1) is 0 Å². The van der Waals surface area contributed by atoms with Gasteiger partial charge in [-0.05, 0) is 13.8 Å². The highest BCUT2D eigenvalue weighted by molar-refractivity contribution is 6.34. The molecule has 0 aromatic carbocycles. The SMILES string of the molecule is CCn1cc(Cn2cc(NC(=O)c3c(Cl)cnn3CC)cn2)cn1. The van der Waals surface area contributed by atoms with Gasteiger partial charge in [-0.1, -0.05) is 11.6 Å². The largest absolute Gasteiger partial charge is 0.318 e. The molecule has 9 heteroatoms. The van der Waals surface area contributed by atoms with Gasteiger partial charge < -0.3 is 5.32 Å². The van der Waals surface area contributed by atoms with Crippen molar-refractivity contribution in [2.45, 2.75) is 33.5 Å². The van der Waals surface area contributed by atoms with E-state index in [1.165, 1.54) is 6.20 Å². The van der Waals surface area contributed by atoms with Crippen molar-refractivity contribution >= 4 is 23.2 Å². The Balaban J connectivity index is 1.69. The van der Waals surface area contributed by atoms with Crippen LogP contribution in [0.15, 0.2) is 31.0 Å². The van der Waals surface area contributed by atoms with E-state index in [1.54, 1.807) is 21.8 Å². The minimum atomic E-state index is -0.308. The Bertz CT molecular complexity index is 848. The van der Waals surface area contributed by atoms with E-state index in [0.717, 1.165) is 12.1 Å². The number of nitrogens with one attached hydrogen (secondary N) is 1. The highest BCUT2D eigenvalue weighted by atomic mass is 35.5. The molecule has 0 bridgehead atoms. The minimum absolute atomic E-state index is 0.308. The lowest BCUT2D eigenvalue weighted by Crippen LogP contribution is -2.17. The molecular formula is C15H18ClN7O. The molecule has 1 amide bonds. The normalized spacial score (nSPS) is 11.0. The Labute approximate surface area is 144 Å².